The molecule has 2 heterocycles. The maximum Gasteiger partial charge on any atom is 0.251 e. The summed E-state index contributed by atoms with van der Waals surface area (Å²) in [6.07, 6.45) is 5.08. The SMILES string of the molecule is NNc1cc(C(=O)NC2CCOC2C2CC2)ccn1. The maximum atomic E-state index is 12.2. The van der Waals surface area contributed by atoms with Crippen molar-refractivity contribution < 1.29 is 9.53 Å². The molecule has 1 aliphatic carbocycles. The van der Waals surface area contributed by atoms with Crippen LogP contribution in [-0.2, 0) is 4.74 Å². The molecular weight excluding hydrogens is 244 g/mol. The predicted octanol–water partition coefficient (Wildman–Crippen LogP) is 0.664. The molecule has 19 heavy (non-hydrogen) atoms. The van der Waals surface area contributed by atoms with Crippen LogP contribution in [0.4, 0.5) is 5.82 Å². The Kier molecular flexibility index (Phi) is 3.35. The minimum atomic E-state index is -0.0972. The van der Waals surface area contributed by atoms with Crippen LogP contribution in [0.3, 0.4) is 0 Å². The first-order valence-electron chi connectivity index (χ1n) is 6.63. The van der Waals surface area contributed by atoms with Gasteiger partial charge in [0, 0.05) is 18.4 Å². The van der Waals surface area contributed by atoms with Gasteiger partial charge < -0.3 is 15.5 Å². The van der Waals surface area contributed by atoms with Gasteiger partial charge in [0.05, 0.1) is 12.1 Å². The number of nitrogen functional groups attached to an aromatic ring is 1. The molecule has 0 aromatic carbocycles. The van der Waals surface area contributed by atoms with Crippen molar-refractivity contribution in [2.75, 3.05) is 12.0 Å². The molecule has 3 rings (SSSR count). The standard InChI is InChI=1S/C13H18N4O2/c14-17-11-7-9(3-5-15-11)13(18)16-10-4-6-19-12(10)8-1-2-8/h3,5,7-8,10,12H,1-2,4,6,14H2,(H,15,17)(H,16,18). The van der Waals surface area contributed by atoms with Gasteiger partial charge in [-0.05, 0) is 37.3 Å². The number of hydrogen-bond donors (Lipinski definition) is 3. The number of carbonyl (C=O) groups is 1. The van der Waals surface area contributed by atoms with Crippen molar-refractivity contribution in [2.24, 2.45) is 11.8 Å². The molecule has 2 aliphatic rings. The second kappa shape index (κ2) is 5.14. The monoisotopic (exact) mass is 262 g/mol. The number of rotatable bonds is 4. The summed E-state index contributed by atoms with van der Waals surface area (Å²) < 4.78 is 5.71. The molecule has 6 heteroatoms. The summed E-state index contributed by atoms with van der Waals surface area (Å²) in [5.74, 6) is 6.30. The van der Waals surface area contributed by atoms with E-state index in [0.29, 0.717) is 17.3 Å². The summed E-state index contributed by atoms with van der Waals surface area (Å²) in [6, 6.07) is 3.44. The van der Waals surface area contributed by atoms with Crippen molar-refractivity contribution in [1.82, 2.24) is 10.3 Å². The van der Waals surface area contributed by atoms with Crippen molar-refractivity contribution in [3.05, 3.63) is 23.9 Å². The Bertz CT molecular complexity index is 475. The second-order valence-corrected chi connectivity index (χ2v) is 5.12. The maximum absolute atomic E-state index is 12.2. The van der Waals surface area contributed by atoms with E-state index in [-0.39, 0.29) is 18.1 Å². The number of carbonyl (C=O) groups excluding carboxylic acids is 1. The van der Waals surface area contributed by atoms with Crippen LogP contribution < -0.4 is 16.6 Å². The summed E-state index contributed by atoms with van der Waals surface area (Å²) in [6.45, 7) is 0.734. The van der Waals surface area contributed by atoms with Crippen LogP contribution in [0.2, 0.25) is 0 Å². The number of nitrogens with two attached hydrogens (primary N) is 1. The molecule has 6 nitrogen and oxygen atoms in total. The summed E-state index contributed by atoms with van der Waals surface area (Å²) in [7, 11) is 0. The van der Waals surface area contributed by atoms with Crippen LogP contribution in [0.1, 0.15) is 29.6 Å². The zero-order chi connectivity index (χ0) is 13.2. The summed E-state index contributed by atoms with van der Waals surface area (Å²) in [4.78, 5) is 16.2. The molecule has 1 saturated carbocycles. The topological polar surface area (TPSA) is 89.3 Å². The zero-order valence-electron chi connectivity index (χ0n) is 10.6. The molecule has 102 valence electrons. The van der Waals surface area contributed by atoms with Gasteiger partial charge in [0.1, 0.15) is 5.82 Å². The molecular formula is C13H18N4O2. The first-order valence-corrected chi connectivity index (χ1v) is 6.63. The molecule has 2 atom stereocenters. The molecule has 1 aromatic heterocycles. The number of pyridine rings is 1. The van der Waals surface area contributed by atoms with Crippen LogP contribution in [0, 0.1) is 5.92 Å². The van der Waals surface area contributed by atoms with E-state index >= 15 is 0 Å². The Balaban J connectivity index is 1.66. The van der Waals surface area contributed by atoms with Gasteiger partial charge in [-0.3, -0.25) is 4.79 Å². The van der Waals surface area contributed by atoms with Crippen molar-refractivity contribution >= 4 is 11.7 Å². The van der Waals surface area contributed by atoms with E-state index in [9.17, 15) is 4.79 Å². The van der Waals surface area contributed by atoms with Crippen molar-refractivity contribution in [1.29, 1.82) is 0 Å². The first-order chi connectivity index (χ1) is 9.28. The number of nitrogens with one attached hydrogen (secondary N) is 2. The lowest BCUT2D eigenvalue weighted by Gasteiger charge is -2.19. The smallest absolute Gasteiger partial charge is 0.251 e. The van der Waals surface area contributed by atoms with Crippen LogP contribution in [0.5, 0.6) is 0 Å². The molecule has 1 amide bonds. The van der Waals surface area contributed by atoms with Gasteiger partial charge in [-0.15, -0.1) is 0 Å². The minimum Gasteiger partial charge on any atom is -0.376 e. The molecule has 2 unspecified atom stereocenters. The number of ether oxygens (including phenoxy) is 1. The highest BCUT2D eigenvalue weighted by Gasteiger charge is 2.41. The number of amides is 1. The Labute approximate surface area is 111 Å². The fourth-order valence-corrected chi connectivity index (χ4v) is 2.56. The number of anilines is 1. The number of aromatic nitrogens is 1. The average molecular weight is 262 g/mol. The van der Waals surface area contributed by atoms with E-state index in [1.165, 1.54) is 12.8 Å². The van der Waals surface area contributed by atoms with Crippen LogP contribution in [-0.4, -0.2) is 29.6 Å². The van der Waals surface area contributed by atoms with Crippen molar-refractivity contribution in [3.8, 4) is 0 Å². The van der Waals surface area contributed by atoms with E-state index in [2.05, 4.69) is 15.7 Å². The molecule has 0 bridgehead atoms. The third-order valence-corrected chi connectivity index (χ3v) is 3.71. The predicted molar refractivity (Wildman–Crippen MR) is 70.4 cm³/mol. The van der Waals surface area contributed by atoms with Crippen molar-refractivity contribution in [3.63, 3.8) is 0 Å². The third kappa shape index (κ3) is 2.69. The van der Waals surface area contributed by atoms with Gasteiger partial charge >= 0.3 is 0 Å². The Hall–Kier alpha value is -1.66. The van der Waals surface area contributed by atoms with Crippen LogP contribution in [0.25, 0.3) is 0 Å². The zero-order valence-corrected chi connectivity index (χ0v) is 10.6. The van der Waals surface area contributed by atoms with Gasteiger partial charge in [0.2, 0.25) is 0 Å². The fourth-order valence-electron chi connectivity index (χ4n) is 2.56. The number of nitrogens with zero attached hydrogens (tertiary/aromatic N) is 1. The lowest BCUT2D eigenvalue weighted by Crippen LogP contribution is -2.41. The van der Waals surface area contributed by atoms with Gasteiger partial charge in [-0.2, -0.15) is 0 Å². The highest BCUT2D eigenvalue weighted by atomic mass is 16.5. The quantitative estimate of drug-likeness (QED) is 0.548. The van der Waals surface area contributed by atoms with Crippen LogP contribution in [0.15, 0.2) is 18.3 Å². The molecule has 1 aromatic rings. The van der Waals surface area contributed by atoms with Gasteiger partial charge in [0.25, 0.3) is 5.91 Å². The number of hydrazine groups is 1. The molecule has 4 N–H and O–H groups in total. The van der Waals surface area contributed by atoms with E-state index < -0.39 is 0 Å². The number of hydrogen-bond acceptors (Lipinski definition) is 5. The van der Waals surface area contributed by atoms with E-state index in [1.54, 1.807) is 18.3 Å². The molecule has 1 aliphatic heterocycles. The lowest BCUT2D eigenvalue weighted by atomic mass is 10.1. The molecule has 1 saturated heterocycles. The average Bonchev–Trinajstić information content (AvgIpc) is 3.19. The summed E-state index contributed by atoms with van der Waals surface area (Å²) >= 11 is 0. The van der Waals surface area contributed by atoms with E-state index in [1.807, 2.05) is 0 Å². The largest absolute Gasteiger partial charge is 0.376 e. The third-order valence-electron chi connectivity index (χ3n) is 3.71. The fraction of sp³-hybridized carbons (Fsp3) is 0.538. The normalized spacial score (nSPS) is 26.2. The molecule has 0 spiro atoms. The minimum absolute atomic E-state index is 0.0972. The first kappa shape index (κ1) is 12.4. The molecule has 0 radical (unpaired) electrons. The second-order valence-electron chi connectivity index (χ2n) is 5.12. The summed E-state index contributed by atoms with van der Waals surface area (Å²) in [5, 5.41) is 3.06. The van der Waals surface area contributed by atoms with Crippen LogP contribution >= 0.6 is 0 Å². The lowest BCUT2D eigenvalue weighted by molar-refractivity contribution is 0.0729. The Morgan fingerprint density at radius 2 is 2.26 bits per heavy atom. The highest BCUT2D eigenvalue weighted by molar-refractivity contribution is 5.95. The van der Waals surface area contributed by atoms with Gasteiger partial charge in [-0.25, -0.2) is 10.8 Å². The highest BCUT2D eigenvalue weighted by Crippen LogP contribution is 2.38. The van der Waals surface area contributed by atoms with Gasteiger partial charge in [0.15, 0.2) is 0 Å². The van der Waals surface area contributed by atoms with E-state index in [4.69, 9.17) is 10.6 Å². The Morgan fingerprint density at radius 1 is 1.42 bits per heavy atom. The van der Waals surface area contributed by atoms with Gasteiger partial charge in [-0.1, -0.05) is 0 Å². The molecule has 2 fully saturated rings. The summed E-state index contributed by atoms with van der Waals surface area (Å²) in [5.41, 5.74) is 3.00. The van der Waals surface area contributed by atoms with Crippen molar-refractivity contribution in [2.45, 2.75) is 31.4 Å². The van der Waals surface area contributed by atoms with E-state index in [0.717, 1.165) is 13.0 Å². The Morgan fingerprint density at radius 3 is 3.00 bits per heavy atom.